The van der Waals surface area contributed by atoms with E-state index in [1.807, 2.05) is 35.7 Å². The fraction of sp³-hybridized carbons (Fsp3) is 0.541. The van der Waals surface area contributed by atoms with E-state index in [9.17, 15) is 22.8 Å². The molecule has 0 unspecified atom stereocenters. The largest absolute Gasteiger partial charge is 0.495 e. The second-order valence-electron chi connectivity index (χ2n) is 15.1. The van der Waals surface area contributed by atoms with Crippen molar-refractivity contribution in [1.29, 1.82) is 0 Å². The number of carbonyl (C=O) groups is 3. The molecule has 2 aliphatic heterocycles. The number of urea groups is 1. The molecule has 4 atom stereocenters. The predicted molar refractivity (Wildman–Crippen MR) is 205 cm³/mol. The zero-order valence-electron chi connectivity index (χ0n) is 30.5. The van der Waals surface area contributed by atoms with Crippen molar-refractivity contribution >= 4 is 66.0 Å². The summed E-state index contributed by atoms with van der Waals surface area (Å²) in [4.78, 5) is 54.9. The van der Waals surface area contributed by atoms with Gasteiger partial charge in [0.1, 0.15) is 29.2 Å². The summed E-state index contributed by atoms with van der Waals surface area (Å²) in [5.41, 5.74) is 0.454. The highest BCUT2D eigenvalue weighted by atomic mass is 79.9. The molecule has 284 valence electrons. The molecule has 2 aromatic heterocycles. The molecule has 2 N–H and O–H groups in total. The number of nitrogens with one attached hydrogen (secondary N) is 2. The lowest BCUT2D eigenvalue weighted by molar-refractivity contribution is -0.134. The third-order valence-corrected chi connectivity index (χ3v) is 15.0. The number of benzene rings is 1. The van der Waals surface area contributed by atoms with Crippen LogP contribution in [-0.2, 0) is 19.6 Å². The van der Waals surface area contributed by atoms with Crippen molar-refractivity contribution in [2.24, 2.45) is 5.92 Å². The lowest BCUT2D eigenvalue weighted by Crippen LogP contribution is -2.58. The second-order valence-corrected chi connectivity index (χ2v) is 19.0. The number of sulfonamides is 1. The number of ether oxygens (including phenoxy) is 2. The maximum absolute atomic E-state index is 14.3. The van der Waals surface area contributed by atoms with E-state index in [4.69, 9.17) is 19.4 Å². The number of allylic oxidation sites excluding steroid dienone is 1. The number of carbonyl (C=O) groups excluding carboxylic acids is 3. The summed E-state index contributed by atoms with van der Waals surface area (Å²) in [7, 11) is -0.629. The van der Waals surface area contributed by atoms with Gasteiger partial charge < -0.3 is 24.6 Å². The molecule has 4 heterocycles. The van der Waals surface area contributed by atoms with Crippen molar-refractivity contribution in [2.75, 3.05) is 27.2 Å². The van der Waals surface area contributed by atoms with Crippen LogP contribution in [0, 0.1) is 5.92 Å². The Morgan fingerprint density at radius 1 is 1.15 bits per heavy atom. The van der Waals surface area contributed by atoms with E-state index < -0.39 is 44.4 Å². The molecule has 2 saturated carbocycles. The van der Waals surface area contributed by atoms with Crippen LogP contribution in [-0.4, -0.2) is 95.7 Å². The fourth-order valence-electron chi connectivity index (χ4n) is 7.05. The third-order valence-electron chi connectivity index (χ3n) is 10.9. The van der Waals surface area contributed by atoms with E-state index in [1.54, 1.807) is 37.3 Å². The number of thiazole rings is 1. The van der Waals surface area contributed by atoms with Crippen LogP contribution in [0.15, 0.2) is 40.2 Å². The number of halogens is 1. The first-order valence-electron chi connectivity index (χ1n) is 18.0. The smallest absolute Gasteiger partial charge is 0.319 e. The highest BCUT2D eigenvalue weighted by Crippen LogP contribution is 2.48. The third kappa shape index (κ3) is 7.13. The average molecular weight is 830 g/mol. The number of hydrogen-bond acceptors (Lipinski definition) is 10. The van der Waals surface area contributed by atoms with E-state index in [-0.39, 0.29) is 37.1 Å². The molecule has 0 radical (unpaired) electrons. The Morgan fingerprint density at radius 2 is 1.92 bits per heavy atom. The molecule has 2 aliphatic carbocycles. The number of methoxy groups -OCH3 is 1. The Labute approximate surface area is 322 Å². The summed E-state index contributed by atoms with van der Waals surface area (Å²) in [5, 5.41) is 6.54. The van der Waals surface area contributed by atoms with Crippen LogP contribution in [0.1, 0.15) is 76.6 Å². The summed E-state index contributed by atoms with van der Waals surface area (Å²) in [6, 6.07) is 4.02. The molecular formula is C37H45BrN6O7S2. The van der Waals surface area contributed by atoms with Crippen LogP contribution in [0.3, 0.4) is 0 Å². The zero-order chi connectivity index (χ0) is 37.9. The van der Waals surface area contributed by atoms with E-state index in [1.165, 1.54) is 4.90 Å². The Morgan fingerprint density at radius 3 is 2.62 bits per heavy atom. The van der Waals surface area contributed by atoms with Gasteiger partial charge in [0.15, 0.2) is 0 Å². The maximum Gasteiger partial charge on any atom is 0.319 e. The van der Waals surface area contributed by atoms with Crippen LogP contribution in [0.5, 0.6) is 11.5 Å². The highest BCUT2D eigenvalue weighted by molar-refractivity contribution is 9.10. The SMILES string of the molecule is COc1ccc2c(O[C@H]3C[C@H]4C(=O)N(C)CCCC/C=C\[C@@H]5C[C@@]5(C(=O)NS(=O)(=O)C5(C)CC5)NC(=O)N4C3)cc(-c3csc(C(C)C)n3)nc2c1Br. The molecule has 7 rings (SSSR count). The Bertz CT molecular complexity index is 2100. The van der Waals surface area contributed by atoms with Crippen LogP contribution >= 0.6 is 27.3 Å². The molecule has 3 aromatic rings. The predicted octanol–water partition coefficient (Wildman–Crippen LogP) is 5.74. The minimum Gasteiger partial charge on any atom is -0.495 e. The number of likely N-dealkylation sites (N-methyl/N-ethyl adjacent to an activating group) is 1. The van der Waals surface area contributed by atoms with Crippen molar-refractivity contribution in [2.45, 2.75) is 94.1 Å². The number of aromatic nitrogens is 2. The Hall–Kier alpha value is -3.76. The van der Waals surface area contributed by atoms with Gasteiger partial charge in [-0.25, -0.2) is 23.2 Å². The number of fused-ring (bicyclic) bond motifs is 3. The molecule has 16 heteroatoms. The van der Waals surface area contributed by atoms with Crippen molar-refractivity contribution in [3.63, 3.8) is 0 Å². The molecule has 1 aromatic carbocycles. The number of pyridine rings is 1. The van der Waals surface area contributed by atoms with E-state index in [0.717, 1.165) is 24.3 Å². The molecule has 0 spiro atoms. The fourth-order valence-corrected chi connectivity index (χ4v) is 9.79. The minimum absolute atomic E-state index is 0.0509. The van der Waals surface area contributed by atoms with Gasteiger partial charge in [-0.15, -0.1) is 11.3 Å². The molecule has 4 amide bonds. The Balaban J connectivity index is 1.21. The number of hydrogen-bond donors (Lipinski definition) is 2. The summed E-state index contributed by atoms with van der Waals surface area (Å²) < 4.78 is 40.4. The molecule has 4 aliphatic rings. The van der Waals surface area contributed by atoms with Gasteiger partial charge in [0.2, 0.25) is 15.9 Å². The molecular weight excluding hydrogens is 784 g/mol. The number of rotatable bonds is 8. The molecule has 0 bridgehead atoms. The van der Waals surface area contributed by atoms with Crippen molar-refractivity contribution < 1.29 is 32.3 Å². The van der Waals surface area contributed by atoms with Crippen molar-refractivity contribution in [3.8, 4) is 22.9 Å². The monoisotopic (exact) mass is 828 g/mol. The van der Waals surface area contributed by atoms with Crippen LogP contribution in [0.4, 0.5) is 4.79 Å². The Kier molecular flexibility index (Phi) is 10.0. The zero-order valence-corrected chi connectivity index (χ0v) is 33.7. The summed E-state index contributed by atoms with van der Waals surface area (Å²) in [6.07, 6.45) is 6.96. The van der Waals surface area contributed by atoms with Gasteiger partial charge in [-0.1, -0.05) is 26.0 Å². The summed E-state index contributed by atoms with van der Waals surface area (Å²) in [5.74, 6) is -0.0241. The molecule has 1 saturated heterocycles. The lowest BCUT2D eigenvalue weighted by atomic mass is 10.1. The van der Waals surface area contributed by atoms with Crippen LogP contribution < -0.4 is 19.5 Å². The standard InChI is InChI=1S/C37H45BrN6O7S2/c1-21(2)32-40-26(20-52-32)25-17-29(24-11-12-28(50-5)30(38)31(24)39-25)51-23-16-27-33(45)43(4)15-9-7-6-8-10-22-18-37(22,41-35(47)44(27)19-23)34(46)42-53(48,49)36(3)13-14-36/h8,10-12,17,20-23,27H,6-7,9,13-16,18-19H2,1-5H3,(H,41,47)(H,42,46)/b10-8-/t22-,23+,27+,37-/m1/s1. The van der Waals surface area contributed by atoms with E-state index >= 15 is 0 Å². The van der Waals surface area contributed by atoms with Crippen molar-refractivity contribution in [1.82, 2.24) is 29.8 Å². The van der Waals surface area contributed by atoms with Gasteiger partial charge in [0.05, 0.1) is 44.8 Å². The summed E-state index contributed by atoms with van der Waals surface area (Å²) in [6.45, 7) is 6.35. The van der Waals surface area contributed by atoms with Gasteiger partial charge in [-0.05, 0) is 73.5 Å². The van der Waals surface area contributed by atoms with Crippen LogP contribution in [0.25, 0.3) is 22.3 Å². The number of amides is 4. The highest BCUT2D eigenvalue weighted by Gasteiger charge is 2.63. The van der Waals surface area contributed by atoms with E-state index in [2.05, 4.69) is 39.8 Å². The van der Waals surface area contributed by atoms with Crippen LogP contribution in [0.2, 0.25) is 0 Å². The first-order chi connectivity index (χ1) is 25.2. The molecule has 13 nitrogen and oxygen atoms in total. The first kappa shape index (κ1) is 37.6. The van der Waals surface area contributed by atoms with Gasteiger partial charge in [-0.2, -0.15) is 0 Å². The first-order valence-corrected chi connectivity index (χ1v) is 21.2. The van der Waals surface area contributed by atoms with Gasteiger partial charge in [0, 0.05) is 48.7 Å². The topological polar surface area (TPSA) is 160 Å². The van der Waals surface area contributed by atoms with Gasteiger partial charge >= 0.3 is 6.03 Å². The minimum atomic E-state index is -3.94. The molecule has 53 heavy (non-hydrogen) atoms. The maximum atomic E-state index is 14.3. The normalized spacial score (nSPS) is 26.4. The summed E-state index contributed by atoms with van der Waals surface area (Å²) >= 11 is 5.22. The molecule has 3 fully saturated rings. The van der Waals surface area contributed by atoms with E-state index in [0.29, 0.717) is 57.6 Å². The number of nitrogens with zero attached hydrogens (tertiary/aromatic N) is 4. The average Bonchev–Trinajstić information content (AvgIpc) is 3.89. The van der Waals surface area contributed by atoms with Crippen molar-refractivity contribution in [3.05, 3.63) is 45.2 Å². The quantitative estimate of drug-likeness (QED) is 0.270. The van der Waals surface area contributed by atoms with Gasteiger partial charge in [-0.3, -0.25) is 14.3 Å². The lowest BCUT2D eigenvalue weighted by Gasteiger charge is -2.30. The van der Waals surface area contributed by atoms with Gasteiger partial charge in [0.25, 0.3) is 5.91 Å². The second kappa shape index (κ2) is 14.1.